The summed E-state index contributed by atoms with van der Waals surface area (Å²) >= 11 is 1.63. The van der Waals surface area contributed by atoms with Gasteiger partial charge in [0.2, 0.25) is 0 Å². The number of carbonyl (C=O) groups is 2. The van der Waals surface area contributed by atoms with Gasteiger partial charge in [-0.3, -0.25) is 9.59 Å². The van der Waals surface area contributed by atoms with Crippen molar-refractivity contribution in [3.63, 3.8) is 0 Å². The van der Waals surface area contributed by atoms with Crippen LogP contribution in [0, 0.1) is 0 Å². The summed E-state index contributed by atoms with van der Waals surface area (Å²) in [5.74, 6) is 0.287. The summed E-state index contributed by atoms with van der Waals surface area (Å²) in [7, 11) is 1.57. The van der Waals surface area contributed by atoms with Crippen LogP contribution < -0.4 is 4.74 Å². The Balaban J connectivity index is 1.54. The van der Waals surface area contributed by atoms with Crippen LogP contribution in [-0.4, -0.2) is 48.0 Å². The van der Waals surface area contributed by atoms with E-state index < -0.39 is 0 Å². The largest absolute Gasteiger partial charge is 0.496 e. The van der Waals surface area contributed by atoms with Gasteiger partial charge in [-0.25, -0.2) is 0 Å². The number of ether oxygens (including phenoxy) is 1. The van der Waals surface area contributed by atoms with Crippen molar-refractivity contribution in [1.82, 2.24) is 4.90 Å². The number of amides is 1. The van der Waals surface area contributed by atoms with Gasteiger partial charge in [-0.2, -0.15) is 0 Å². The van der Waals surface area contributed by atoms with Crippen LogP contribution in [0.4, 0.5) is 0 Å². The molecule has 3 aromatic rings. The van der Waals surface area contributed by atoms with Crippen molar-refractivity contribution in [1.29, 1.82) is 0 Å². The minimum absolute atomic E-state index is 0.0833. The fourth-order valence-corrected chi connectivity index (χ4v) is 4.58. The molecule has 4 rings (SSSR count). The Labute approximate surface area is 191 Å². The van der Waals surface area contributed by atoms with Crippen molar-refractivity contribution in [3.05, 3.63) is 83.2 Å². The lowest BCUT2D eigenvalue weighted by Gasteiger charge is -2.29. The number of nitrogens with zero attached hydrogens (tertiary/aromatic N) is 1. The van der Waals surface area contributed by atoms with E-state index in [1.165, 1.54) is 0 Å². The average molecular weight is 448 g/mol. The standard InChI is InChI=1S/C26H25NO4S/c1-17(22-16-20(9-10-23(22)31-2)24-4-3-15-32-24)25(29)18-5-7-19(8-6-18)26(30)27-13-11-21(28)12-14-27/h3-10,15-16,21,28H,1,11-14H2,2H3. The maximum absolute atomic E-state index is 13.2. The molecule has 1 saturated heterocycles. The second kappa shape index (κ2) is 9.51. The van der Waals surface area contributed by atoms with Crippen LogP contribution in [0.5, 0.6) is 5.75 Å². The molecule has 1 aliphatic heterocycles. The van der Waals surface area contributed by atoms with Crippen molar-refractivity contribution in [3.8, 4) is 16.2 Å². The second-order valence-corrected chi connectivity index (χ2v) is 8.75. The summed E-state index contributed by atoms with van der Waals surface area (Å²) in [5, 5.41) is 11.6. The highest BCUT2D eigenvalue weighted by atomic mass is 32.1. The zero-order valence-electron chi connectivity index (χ0n) is 17.9. The molecule has 6 heteroatoms. The van der Waals surface area contributed by atoms with Gasteiger partial charge in [-0.15, -0.1) is 11.3 Å². The molecule has 2 aromatic carbocycles. The number of piperidine rings is 1. The number of allylic oxidation sites excluding steroid dienone is 1. The van der Waals surface area contributed by atoms with Crippen molar-refractivity contribution < 1.29 is 19.4 Å². The molecular weight excluding hydrogens is 422 g/mol. The molecule has 0 bridgehead atoms. The molecule has 2 heterocycles. The summed E-state index contributed by atoms with van der Waals surface area (Å²) in [5.41, 5.74) is 2.97. The molecule has 0 atom stereocenters. The molecule has 0 spiro atoms. The molecule has 1 fully saturated rings. The Kier molecular flexibility index (Phi) is 6.53. The van der Waals surface area contributed by atoms with E-state index in [0.29, 0.717) is 53.9 Å². The van der Waals surface area contributed by atoms with E-state index in [4.69, 9.17) is 4.74 Å². The molecular formula is C26H25NO4S. The highest BCUT2D eigenvalue weighted by Crippen LogP contribution is 2.34. The van der Waals surface area contributed by atoms with Gasteiger partial charge in [0.25, 0.3) is 5.91 Å². The molecule has 1 amide bonds. The second-order valence-electron chi connectivity index (χ2n) is 7.80. The number of hydrogen-bond acceptors (Lipinski definition) is 5. The van der Waals surface area contributed by atoms with Crippen molar-refractivity contribution in [2.24, 2.45) is 0 Å². The smallest absolute Gasteiger partial charge is 0.253 e. The van der Waals surface area contributed by atoms with E-state index in [-0.39, 0.29) is 17.8 Å². The number of thiophene rings is 1. The van der Waals surface area contributed by atoms with Crippen LogP contribution in [0.15, 0.2) is 66.6 Å². The highest BCUT2D eigenvalue weighted by Gasteiger charge is 2.23. The summed E-state index contributed by atoms with van der Waals surface area (Å²) in [6.45, 7) is 5.12. The topological polar surface area (TPSA) is 66.8 Å². The number of aliphatic hydroxyl groups is 1. The first-order valence-electron chi connectivity index (χ1n) is 10.5. The van der Waals surface area contributed by atoms with Gasteiger partial charge in [0, 0.05) is 40.2 Å². The summed E-state index contributed by atoms with van der Waals surface area (Å²) in [6, 6.07) is 16.4. The summed E-state index contributed by atoms with van der Waals surface area (Å²) in [4.78, 5) is 28.7. The molecule has 164 valence electrons. The zero-order valence-corrected chi connectivity index (χ0v) is 18.7. The van der Waals surface area contributed by atoms with Gasteiger partial charge >= 0.3 is 0 Å². The van der Waals surface area contributed by atoms with Crippen LogP contribution >= 0.6 is 11.3 Å². The molecule has 1 N–H and O–H groups in total. The Morgan fingerprint density at radius 1 is 1.06 bits per heavy atom. The quantitative estimate of drug-likeness (QED) is 0.430. The van der Waals surface area contributed by atoms with Crippen molar-refractivity contribution in [2.45, 2.75) is 18.9 Å². The first kappa shape index (κ1) is 22.0. The number of methoxy groups -OCH3 is 1. The predicted molar refractivity (Wildman–Crippen MR) is 127 cm³/mol. The first-order chi connectivity index (χ1) is 15.5. The normalized spacial score (nSPS) is 14.2. The highest BCUT2D eigenvalue weighted by molar-refractivity contribution is 7.13. The van der Waals surface area contributed by atoms with Gasteiger partial charge in [0.15, 0.2) is 5.78 Å². The Morgan fingerprint density at radius 2 is 1.75 bits per heavy atom. The number of benzene rings is 2. The van der Waals surface area contributed by atoms with E-state index in [2.05, 4.69) is 6.58 Å². The monoisotopic (exact) mass is 447 g/mol. The number of rotatable bonds is 6. The van der Waals surface area contributed by atoms with E-state index in [9.17, 15) is 14.7 Å². The molecule has 5 nitrogen and oxygen atoms in total. The Hall–Kier alpha value is -3.22. The number of carbonyl (C=O) groups excluding carboxylic acids is 2. The number of likely N-dealkylation sites (tertiary alicyclic amines) is 1. The van der Waals surface area contributed by atoms with E-state index in [1.54, 1.807) is 47.6 Å². The summed E-state index contributed by atoms with van der Waals surface area (Å²) < 4.78 is 5.47. The lowest BCUT2D eigenvalue weighted by atomic mass is 9.95. The number of ketones is 1. The van der Waals surface area contributed by atoms with Crippen LogP contribution in [0.3, 0.4) is 0 Å². The van der Waals surface area contributed by atoms with Gasteiger partial charge < -0.3 is 14.7 Å². The zero-order chi connectivity index (χ0) is 22.7. The van der Waals surface area contributed by atoms with Crippen LogP contribution in [-0.2, 0) is 0 Å². The number of hydrogen-bond donors (Lipinski definition) is 1. The maximum Gasteiger partial charge on any atom is 0.253 e. The molecule has 0 unspecified atom stereocenters. The third kappa shape index (κ3) is 4.52. The molecule has 0 radical (unpaired) electrons. The minimum atomic E-state index is -0.333. The average Bonchev–Trinajstić information content (AvgIpc) is 3.38. The van der Waals surface area contributed by atoms with Gasteiger partial charge in [0.05, 0.1) is 13.2 Å². The molecule has 1 aliphatic rings. The fraction of sp³-hybridized carbons (Fsp3) is 0.231. The maximum atomic E-state index is 13.2. The predicted octanol–water partition coefficient (Wildman–Crippen LogP) is 4.92. The third-order valence-corrected chi connectivity index (χ3v) is 6.67. The number of Topliss-reactive ketones (excluding diaryl/α,β-unsaturated/α-hetero) is 1. The third-order valence-electron chi connectivity index (χ3n) is 5.75. The number of aliphatic hydroxyl groups excluding tert-OH is 1. The Morgan fingerprint density at radius 3 is 2.38 bits per heavy atom. The summed E-state index contributed by atoms with van der Waals surface area (Å²) in [6.07, 6.45) is 0.851. The fourth-order valence-electron chi connectivity index (χ4n) is 3.85. The first-order valence-corrected chi connectivity index (χ1v) is 11.4. The van der Waals surface area contributed by atoms with E-state index in [0.717, 1.165) is 10.4 Å². The van der Waals surface area contributed by atoms with E-state index in [1.807, 2.05) is 35.7 Å². The van der Waals surface area contributed by atoms with Gasteiger partial charge in [-0.1, -0.05) is 24.8 Å². The van der Waals surface area contributed by atoms with E-state index >= 15 is 0 Å². The lowest BCUT2D eigenvalue weighted by molar-refractivity contribution is 0.0546. The lowest BCUT2D eigenvalue weighted by Crippen LogP contribution is -2.40. The van der Waals surface area contributed by atoms with Gasteiger partial charge in [0.1, 0.15) is 5.75 Å². The molecule has 32 heavy (non-hydrogen) atoms. The van der Waals surface area contributed by atoms with Crippen LogP contribution in [0.1, 0.15) is 39.1 Å². The van der Waals surface area contributed by atoms with Crippen molar-refractivity contribution in [2.75, 3.05) is 20.2 Å². The Bertz CT molecular complexity index is 1130. The molecule has 0 saturated carbocycles. The molecule has 1 aromatic heterocycles. The minimum Gasteiger partial charge on any atom is -0.496 e. The molecule has 0 aliphatic carbocycles. The van der Waals surface area contributed by atoms with Crippen LogP contribution in [0.2, 0.25) is 0 Å². The van der Waals surface area contributed by atoms with Crippen LogP contribution in [0.25, 0.3) is 16.0 Å². The van der Waals surface area contributed by atoms with Crippen molar-refractivity contribution >= 4 is 28.6 Å². The SMILES string of the molecule is C=C(C(=O)c1ccc(C(=O)N2CCC(O)CC2)cc1)c1cc(-c2cccs2)ccc1OC. The van der Waals surface area contributed by atoms with Gasteiger partial charge in [-0.05, 0) is 60.2 Å².